The highest BCUT2D eigenvalue weighted by Crippen LogP contribution is 2.28. The highest BCUT2D eigenvalue weighted by molar-refractivity contribution is 9.10. The molecule has 2 aromatic rings. The van der Waals surface area contributed by atoms with Gasteiger partial charge in [0.25, 0.3) is 5.69 Å². The van der Waals surface area contributed by atoms with Gasteiger partial charge in [-0.1, -0.05) is 23.7 Å². The third kappa shape index (κ3) is 3.49. The molecule has 2 aromatic carbocycles. The average molecular weight is 356 g/mol. The van der Waals surface area contributed by atoms with Crippen LogP contribution in [0.25, 0.3) is 0 Å². The fraction of sp³-hybridized carbons (Fsp3) is 0.143. The average Bonchev–Trinajstić information content (AvgIpc) is 2.43. The number of anilines is 1. The third-order valence-corrected chi connectivity index (χ3v) is 4.12. The Morgan fingerprint density at radius 1 is 1.30 bits per heavy atom. The van der Waals surface area contributed by atoms with Crippen LogP contribution in [-0.4, -0.2) is 4.92 Å². The van der Waals surface area contributed by atoms with Crippen molar-refractivity contribution in [2.75, 3.05) is 5.32 Å². The standard InChI is InChI=1S/C14H12BrClN2O2/c1-9(10-3-2-4-12(7-10)18(19)20)17-11-5-6-13(15)14(16)8-11/h2-9,17H,1H3. The lowest BCUT2D eigenvalue weighted by Crippen LogP contribution is -2.06. The van der Waals surface area contributed by atoms with Crippen molar-refractivity contribution in [3.8, 4) is 0 Å². The van der Waals surface area contributed by atoms with Gasteiger partial charge in [-0.05, 0) is 46.6 Å². The minimum absolute atomic E-state index is 0.0628. The van der Waals surface area contributed by atoms with E-state index in [0.29, 0.717) is 5.02 Å². The molecule has 0 aliphatic rings. The topological polar surface area (TPSA) is 55.2 Å². The first kappa shape index (κ1) is 14.8. The predicted octanol–water partition coefficient (Wildman–Crippen LogP) is 5.18. The molecular formula is C14H12BrClN2O2. The van der Waals surface area contributed by atoms with Crippen LogP contribution in [0.4, 0.5) is 11.4 Å². The van der Waals surface area contributed by atoms with Crippen LogP contribution in [0.1, 0.15) is 18.5 Å². The van der Waals surface area contributed by atoms with Gasteiger partial charge in [0.2, 0.25) is 0 Å². The van der Waals surface area contributed by atoms with Crippen LogP contribution in [0, 0.1) is 10.1 Å². The molecule has 0 saturated carbocycles. The van der Waals surface area contributed by atoms with Gasteiger partial charge in [0.05, 0.1) is 9.95 Å². The van der Waals surface area contributed by atoms with E-state index in [4.69, 9.17) is 11.6 Å². The van der Waals surface area contributed by atoms with E-state index >= 15 is 0 Å². The quantitative estimate of drug-likeness (QED) is 0.607. The summed E-state index contributed by atoms with van der Waals surface area (Å²) in [7, 11) is 0. The summed E-state index contributed by atoms with van der Waals surface area (Å²) in [6.07, 6.45) is 0. The smallest absolute Gasteiger partial charge is 0.269 e. The Morgan fingerprint density at radius 2 is 2.05 bits per heavy atom. The van der Waals surface area contributed by atoms with Crippen LogP contribution in [0.15, 0.2) is 46.9 Å². The molecule has 0 aliphatic carbocycles. The zero-order chi connectivity index (χ0) is 14.7. The molecule has 0 aliphatic heterocycles. The van der Waals surface area contributed by atoms with Crippen molar-refractivity contribution in [1.29, 1.82) is 0 Å². The third-order valence-electron chi connectivity index (χ3n) is 2.88. The van der Waals surface area contributed by atoms with Crippen molar-refractivity contribution >= 4 is 38.9 Å². The summed E-state index contributed by atoms with van der Waals surface area (Å²) in [6.45, 7) is 1.94. The second-order valence-electron chi connectivity index (χ2n) is 4.35. The number of halogens is 2. The summed E-state index contributed by atoms with van der Waals surface area (Å²) < 4.78 is 0.827. The van der Waals surface area contributed by atoms with Crippen LogP contribution >= 0.6 is 27.5 Å². The van der Waals surface area contributed by atoms with E-state index in [0.717, 1.165) is 15.7 Å². The van der Waals surface area contributed by atoms with Gasteiger partial charge in [-0.25, -0.2) is 0 Å². The molecule has 0 amide bonds. The Kier molecular flexibility index (Phi) is 4.62. The molecule has 1 atom stereocenters. The number of nitro groups is 1. The van der Waals surface area contributed by atoms with E-state index in [9.17, 15) is 10.1 Å². The molecule has 20 heavy (non-hydrogen) atoms. The van der Waals surface area contributed by atoms with Crippen LogP contribution < -0.4 is 5.32 Å². The lowest BCUT2D eigenvalue weighted by atomic mass is 10.1. The van der Waals surface area contributed by atoms with Crippen LogP contribution in [0.3, 0.4) is 0 Å². The van der Waals surface area contributed by atoms with Gasteiger partial charge in [-0.2, -0.15) is 0 Å². The van der Waals surface area contributed by atoms with Crippen molar-refractivity contribution in [2.45, 2.75) is 13.0 Å². The Bertz CT molecular complexity index is 649. The van der Waals surface area contributed by atoms with Crippen LogP contribution in [0.2, 0.25) is 5.02 Å². The van der Waals surface area contributed by atoms with E-state index in [2.05, 4.69) is 21.2 Å². The van der Waals surface area contributed by atoms with Gasteiger partial charge < -0.3 is 5.32 Å². The van der Waals surface area contributed by atoms with Gasteiger partial charge in [0, 0.05) is 28.3 Å². The highest BCUT2D eigenvalue weighted by atomic mass is 79.9. The summed E-state index contributed by atoms with van der Waals surface area (Å²) in [4.78, 5) is 10.4. The molecule has 104 valence electrons. The largest absolute Gasteiger partial charge is 0.378 e. The summed E-state index contributed by atoms with van der Waals surface area (Å²) in [6, 6.07) is 12.1. The molecule has 6 heteroatoms. The zero-order valence-electron chi connectivity index (χ0n) is 10.6. The van der Waals surface area contributed by atoms with Gasteiger partial charge in [-0.15, -0.1) is 0 Å². The molecule has 0 saturated heterocycles. The number of hydrogen-bond donors (Lipinski definition) is 1. The van der Waals surface area contributed by atoms with Crippen molar-refractivity contribution < 1.29 is 4.92 Å². The Morgan fingerprint density at radius 3 is 2.70 bits per heavy atom. The first-order valence-electron chi connectivity index (χ1n) is 5.93. The lowest BCUT2D eigenvalue weighted by molar-refractivity contribution is -0.384. The lowest BCUT2D eigenvalue weighted by Gasteiger charge is -2.16. The fourth-order valence-electron chi connectivity index (χ4n) is 1.83. The van der Waals surface area contributed by atoms with Crippen molar-refractivity contribution in [3.05, 3.63) is 67.6 Å². The van der Waals surface area contributed by atoms with E-state index < -0.39 is 4.92 Å². The maximum absolute atomic E-state index is 10.8. The van der Waals surface area contributed by atoms with Crippen molar-refractivity contribution in [2.24, 2.45) is 0 Å². The van der Waals surface area contributed by atoms with Gasteiger partial charge >= 0.3 is 0 Å². The van der Waals surface area contributed by atoms with E-state index in [1.54, 1.807) is 18.2 Å². The molecule has 4 nitrogen and oxygen atoms in total. The molecule has 1 unspecified atom stereocenters. The van der Waals surface area contributed by atoms with Gasteiger partial charge in [0.1, 0.15) is 0 Å². The second kappa shape index (κ2) is 6.24. The molecule has 0 spiro atoms. The maximum atomic E-state index is 10.8. The highest BCUT2D eigenvalue weighted by Gasteiger charge is 2.11. The second-order valence-corrected chi connectivity index (χ2v) is 5.61. The number of nitro benzene ring substituents is 1. The molecule has 0 radical (unpaired) electrons. The minimum atomic E-state index is -0.396. The Balaban J connectivity index is 2.19. The van der Waals surface area contributed by atoms with E-state index in [-0.39, 0.29) is 11.7 Å². The minimum Gasteiger partial charge on any atom is -0.378 e. The summed E-state index contributed by atoms with van der Waals surface area (Å²) in [5, 5.41) is 14.7. The van der Waals surface area contributed by atoms with Crippen LogP contribution in [-0.2, 0) is 0 Å². The number of rotatable bonds is 4. The zero-order valence-corrected chi connectivity index (χ0v) is 13.0. The Hall–Kier alpha value is -1.59. The number of non-ortho nitro benzene ring substituents is 1. The van der Waals surface area contributed by atoms with E-state index in [1.807, 2.05) is 25.1 Å². The normalized spacial score (nSPS) is 11.9. The first-order chi connectivity index (χ1) is 9.47. The number of hydrogen-bond acceptors (Lipinski definition) is 3. The molecule has 1 N–H and O–H groups in total. The summed E-state index contributed by atoms with van der Waals surface area (Å²) in [5.74, 6) is 0. The first-order valence-corrected chi connectivity index (χ1v) is 7.10. The maximum Gasteiger partial charge on any atom is 0.269 e. The predicted molar refractivity (Wildman–Crippen MR) is 84.3 cm³/mol. The molecule has 0 aromatic heterocycles. The molecule has 0 heterocycles. The molecular weight excluding hydrogens is 344 g/mol. The van der Waals surface area contributed by atoms with E-state index in [1.165, 1.54) is 6.07 Å². The van der Waals surface area contributed by atoms with Gasteiger partial charge in [0.15, 0.2) is 0 Å². The molecule has 0 fully saturated rings. The SMILES string of the molecule is CC(Nc1ccc(Br)c(Cl)c1)c1cccc([N+](=O)[O-])c1. The van der Waals surface area contributed by atoms with Crippen molar-refractivity contribution in [1.82, 2.24) is 0 Å². The summed E-state index contributed by atoms with van der Waals surface area (Å²) in [5.41, 5.74) is 1.79. The number of nitrogens with one attached hydrogen (secondary N) is 1. The Labute approximate surface area is 130 Å². The molecule has 2 rings (SSSR count). The fourth-order valence-corrected chi connectivity index (χ4v) is 2.25. The number of benzene rings is 2. The van der Waals surface area contributed by atoms with Gasteiger partial charge in [-0.3, -0.25) is 10.1 Å². The van der Waals surface area contributed by atoms with Crippen molar-refractivity contribution in [3.63, 3.8) is 0 Å². The summed E-state index contributed by atoms with van der Waals surface area (Å²) >= 11 is 9.37. The monoisotopic (exact) mass is 354 g/mol. The van der Waals surface area contributed by atoms with Crippen LogP contribution in [0.5, 0.6) is 0 Å². The number of nitrogens with zero attached hydrogens (tertiary/aromatic N) is 1. The molecule has 0 bridgehead atoms.